The molecule has 0 aliphatic rings. The molecule has 2 aromatic carbocycles. The number of carbonyl (C=O) groups excluding carboxylic acids is 1. The molecular formula is C22H23BrN2O2S. The first-order valence-electron chi connectivity index (χ1n) is 9.10. The summed E-state index contributed by atoms with van der Waals surface area (Å²) < 4.78 is 6.67. The lowest BCUT2D eigenvalue weighted by molar-refractivity contribution is -0.118. The van der Waals surface area contributed by atoms with Crippen LogP contribution in [0.25, 0.3) is 11.3 Å². The fraction of sp³-hybridized carbons (Fsp3) is 0.273. The zero-order valence-corrected chi connectivity index (χ0v) is 18.8. The molecule has 3 rings (SSSR count). The smallest absolute Gasteiger partial charge is 0.264 e. The molecule has 1 N–H and O–H groups in total. The summed E-state index contributed by atoms with van der Waals surface area (Å²) in [5.74, 6) is 0.940. The van der Waals surface area contributed by atoms with Gasteiger partial charge in [-0.2, -0.15) is 0 Å². The van der Waals surface area contributed by atoms with Crippen molar-refractivity contribution in [2.24, 2.45) is 0 Å². The second kappa shape index (κ2) is 8.88. The van der Waals surface area contributed by atoms with Gasteiger partial charge < -0.3 is 4.74 Å². The van der Waals surface area contributed by atoms with Gasteiger partial charge in [0.2, 0.25) is 0 Å². The van der Waals surface area contributed by atoms with Crippen molar-refractivity contribution in [1.29, 1.82) is 0 Å². The van der Waals surface area contributed by atoms with Crippen LogP contribution in [0.1, 0.15) is 35.8 Å². The minimum Gasteiger partial charge on any atom is -0.484 e. The number of nitrogens with zero attached hydrogens (tertiary/aromatic N) is 1. The van der Waals surface area contributed by atoms with Gasteiger partial charge in [-0.3, -0.25) is 10.1 Å². The summed E-state index contributed by atoms with van der Waals surface area (Å²) in [6, 6.07) is 13.9. The summed E-state index contributed by atoms with van der Waals surface area (Å²) >= 11 is 4.90. The van der Waals surface area contributed by atoms with E-state index in [9.17, 15) is 4.79 Å². The standard InChI is InChI=1S/C22H23BrN2O2S/c1-13(2)19-10-9-18(11-14(19)3)27-12-20(26)24-22-25-21(15(4)28-22)16-5-7-17(23)8-6-16/h5-11,13H,12H2,1-4H3,(H,24,25,26). The summed E-state index contributed by atoms with van der Waals surface area (Å²) in [5, 5.41) is 3.41. The van der Waals surface area contributed by atoms with E-state index in [0.717, 1.165) is 20.6 Å². The van der Waals surface area contributed by atoms with Gasteiger partial charge in [0.15, 0.2) is 11.7 Å². The van der Waals surface area contributed by atoms with Gasteiger partial charge in [0, 0.05) is 14.9 Å². The number of aromatic nitrogens is 1. The number of thiazole rings is 1. The van der Waals surface area contributed by atoms with Crippen molar-refractivity contribution in [3.63, 3.8) is 0 Å². The third-order valence-corrected chi connectivity index (χ3v) is 5.81. The van der Waals surface area contributed by atoms with E-state index >= 15 is 0 Å². The zero-order valence-electron chi connectivity index (χ0n) is 16.4. The molecule has 0 radical (unpaired) electrons. The van der Waals surface area contributed by atoms with Crippen molar-refractivity contribution >= 4 is 38.3 Å². The van der Waals surface area contributed by atoms with Gasteiger partial charge in [-0.05, 0) is 55.2 Å². The van der Waals surface area contributed by atoms with E-state index in [1.165, 1.54) is 22.5 Å². The number of halogens is 1. The predicted molar refractivity (Wildman–Crippen MR) is 119 cm³/mol. The molecule has 1 amide bonds. The molecule has 4 nitrogen and oxygen atoms in total. The van der Waals surface area contributed by atoms with Crippen LogP contribution < -0.4 is 10.1 Å². The second-order valence-electron chi connectivity index (χ2n) is 6.94. The molecule has 28 heavy (non-hydrogen) atoms. The number of nitrogens with one attached hydrogen (secondary N) is 1. The summed E-state index contributed by atoms with van der Waals surface area (Å²) in [6.45, 7) is 8.33. The molecular weight excluding hydrogens is 436 g/mol. The minimum absolute atomic E-state index is 0.0489. The molecule has 0 bridgehead atoms. The van der Waals surface area contributed by atoms with Crippen LogP contribution in [0.5, 0.6) is 5.75 Å². The van der Waals surface area contributed by atoms with Gasteiger partial charge in [0.05, 0.1) is 5.69 Å². The van der Waals surface area contributed by atoms with Crippen molar-refractivity contribution in [2.45, 2.75) is 33.6 Å². The van der Waals surface area contributed by atoms with E-state index < -0.39 is 0 Å². The van der Waals surface area contributed by atoms with Crippen molar-refractivity contribution in [3.8, 4) is 17.0 Å². The number of hydrogen-bond donors (Lipinski definition) is 1. The summed E-state index contributed by atoms with van der Waals surface area (Å²) in [5.41, 5.74) is 4.36. The normalized spacial score (nSPS) is 10.9. The van der Waals surface area contributed by atoms with Gasteiger partial charge in [-0.1, -0.05) is 48.0 Å². The maximum atomic E-state index is 12.3. The number of hydrogen-bond acceptors (Lipinski definition) is 4. The van der Waals surface area contributed by atoms with Crippen molar-refractivity contribution < 1.29 is 9.53 Å². The average molecular weight is 459 g/mol. The topological polar surface area (TPSA) is 51.2 Å². The average Bonchev–Trinajstić information content (AvgIpc) is 3.00. The number of ether oxygens (including phenoxy) is 1. The highest BCUT2D eigenvalue weighted by molar-refractivity contribution is 9.10. The van der Waals surface area contributed by atoms with Crippen LogP contribution in [0.2, 0.25) is 0 Å². The molecule has 0 unspecified atom stereocenters. The van der Waals surface area contributed by atoms with Crippen molar-refractivity contribution in [3.05, 3.63) is 62.9 Å². The summed E-state index contributed by atoms with van der Waals surface area (Å²) in [4.78, 5) is 17.9. The van der Waals surface area contributed by atoms with Crippen LogP contribution in [0.15, 0.2) is 46.9 Å². The third-order valence-electron chi connectivity index (χ3n) is 4.39. The molecule has 0 saturated heterocycles. The number of anilines is 1. The SMILES string of the molecule is Cc1cc(OCC(=O)Nc2nc(-c3ccc(Br)cc3)c(C)s2)ccc1C(C)C. The molecule has 0 saturated carbocycles. The highest BCUT2D eigenvalue weighted by atomic mass is 79.9. The lowest BCUT2D eigenvalue weighted by Gasteiger charge is -2.12. The molecule has 1 aromatic heterocycles. The first-order valence-corrected chi connectivity index (χ1v) is 10.7. The monoisotopic (exact) mass is 458 g/mol. The van der Waals surface area contributed by atoms with Gasteiger partial charge >= 0.3 is 0 Å². The zero-order chi connectivity index (χ0) is 20.3. The lowest BCUT2D eigenvalue weighted by atomic mass is 9.98. The van der Waals surface area contributed by atoms with Crippen LogP contribution in [0.3, 0.4) is 0 Å². The van der Waals surface area contributed by atoms with E-state index in [1.807, 2.05) is 43.3 Å². The number of carbonyl (C=O) groups is 1. The molecule has 1 heterocycles. The van der Waals surface area contributed by atoms with Gasteiger partial charge in [-0.25, -0.2) is 4.98 Å². The highest BCUT2D eigenvalue weighted by Crippen LogP contribution is 2.31. The largest absolute Gasteiger partial charge is 0.484 e. The Morgan fingerprint density at radius 1 is 1.18 bits per heavy atom. The maximum absolute atomic E-state index is 12.3. The summed E-state index contributed by atoms with van der Waals surface area (Å²) in [6.07, 6.45) is 0. The molecule has 0 aliphatic heterocycles. The van der Waals surface area contributed by atoms with Crippen LogP contribution in [-0.2, 0) is 4.79 Å². The Morgan fingerprint density at radius 2 is 1.89 bits per heavy atom. The molecule has 3 aromatic rings. The van der Waals surface area contributed by atoms with E-state index in [-0.39, 0.29) is 12.5 Å². The fourth-order valence-electron chi connectivity index (χ4n) is 3.02. The van der Waals surface area contributed by atoms with Crippen molar-refractivity contribution in [1.82, 2.24) is 4.98 Å². The van der Waals surface area contributed by atoms with E-state index in [4.69, 9.17) is 4.74 Å². The molecule has 146 valence electrons. The van der Waals surface area contributed by atoms with Crippen LogP contribution >= 0.6 is 27.3 Å². The van der Waals surface area contributed by atoms with Gasteiger partial charge in [0.1, 0.15) is 5.75 Å². The number of amides is 1. The third kappa shape index (κ3) is 5.00. The Morgan fingerprint density at radius 3 is 2.54 bits per heavy atom. The van der Waals surface area contributed by atoms with Crippen LogP contribution in [0.4, 0.5) is 5.13 Å². The van der Waals surface area contributed by atoms with E-state index in [1.54, 1.807) is 0 Å². The molecule has 0 atom stereocenters. The Kier molecular flexibility index (Phi) is 6.52. The number of rotatable bonds is 6. The Hall–Kier alpha value is -2.18. The molecule has 0 aliphatic carbocycles. The Bertz CT molecular complexity index is 981. The maximum Gasteiger partial charge on any atom is 0.264 e. The Balaban J connectivity index is 1.62. The van der Waals surface area contributed by atoms with Crippen LogP contribution in [0, 0.1) is 13.8 Å². The first kappa shape index (κ1) is 20.6. The van der Waals surface area contributed by atoms with Crippen molar-refractivity contribution in [2.75, 3.05) is 11.9 Å². The number of benzene rings is 2. The quantitative estimate of drug-likeness (QED) is 0.469. The number of aryl methyl sites for hydroxylation is 2. The fourth-order valence-corrected chi connectivity index (χ4v) is 4.13. The first-order chi connectivity index (χ1) is 13.3. The second-order valence-corrected chi connectivity index (χ2v) is 9.06. The predicted octanol–water partition coefficient (Wildman–Crippen LogP) is 6.33. The van der Waals surface area contributed by atoms with Gasteiger partial charge in [0.25, 0.3) is 5.91 Å². The van der Waals surface area contributed by atoms with Crippen LogP contribution in [-0.4, -0.2) is 17.5 Å². The van der Waals surface area contributed by atoms with Gasteiger partial charge in [-0.15, -0.1) is 11.3 Å². The summed E-state index contributed by atoms with van der Waals surface area (Å²) in [7, 11) is 0. The lowest BCUT2D eigenvalue weighted by Crippen LogP contribution is -2.20. The minimum atomic E-state index is -0.221. The molecule has 0 fully saturated rings. The molecule has 6 heteroatoms. The van der Waals surface area contributed by atoms with E-state index in [2.05, 4.69) is 53.1 Å². The van der Waals surface area contributed by atoms with E-state index in [0.29, 0.717) is 16.8 Å². The Labute approximate surface area is 178 Å². The highest BCUT2D eigenvalue weighted by Gasteiger charge is 2.13. The molecule has 0 spiro atoms.